The van der Waals surface area contributed by atoms with Gasteiger partial charge in [0.1, 0.15) is 5.82 Å². The Morgan fingerprint density at radius 2 is 1.75 bits per heavy atom. The summed E-state index contributed by atoms with van der Waals surface area (Å²) in [5.74, 6) is 0.861. The van der Waals surface area contributed by atoms with E-state index in [1.807, 2.05) is 0 Å². The Morgan fingerprint density at radius 1 is 1.04 bits per heavy atom. The third kappa shape index (κ3) is 4.31. The number of anilines is 2. The van der Waals surface area contributed by atoms with Crippen LogP contribution in [0.4, 0.5) is 16.3 Å². The fraction of sp³-hybridized carbons (Fsp3) is 0.471. The summed E-state index contributed by atoms with van der Waals surface area (Å²) in [7, 11) is 1.55. The van der Waals surface area contributed by atoms with Crippen molar-refractivity contribution in [3.63, 3.8) is 0 Å². The summed E-state index contributed by atoms with van der Waals surface area (Å²) in [5, 5.41) is 3.16. The van der Waals surface area contributed by atoms with Crippen LogP contribution in [0.3, 0.4) is 0 Å². The number of hydrogen-bond donors (Lipinski definition) is 1. The van der Waals surface area contributed by atoms with Crippen molar-refractivity contribution in [2.24, 2.45) is 0 Å². The number of methoxy groups -OCH3 is 1. The summed E-state index contributed by atoms with van der Waals surface area (Å²) in [4.78, 5) is 15.3. The summed E-state index contributed by atoms with van der Waals surface area (Å²) in [6.45, 7) is 2.40. The molecular weight excluding hydrogens is 309 g/mol. The Morgan fingerprint density at radius 3 is 2.42 bits per heavy atom. The number of ether oxygens (including phenoxy) is 1. The van der Waals surface area contributed by atoms with Gasteiger partial charge in [-0.1, -0.05) is 25.0 Å². The molecule has 24 heavy (non-hydrogen) atoms. The first kappa shape index (κ1) is 16.4. The lowest BCUT2D eigenvalue weighted by atomic mass is 10.2. The summed E-state index contributed by atoms with van der Waals surface area (Å²) in [5.41, 5.74) is 0.951. The minimum atomic E-state index is -0.246. The van der Waals surface area contributed by atoms with Gasteiger partial charge in [-0.2, -0.15) is 15.0 Å². The highest BCUT2D eigenvalue weighted by Gasteiger charge is 2.15. The lowest BCUT2D eigenvalue weighted by Crippen LogP contribution is -2.26. The molecule has 1 N–H and O–H groups in total. The van der Waals surface area contributed by atoms with Crippen LogP contribution in [0.1, 0.15) is 31.2 Å². The Hall–Kier alpha value is -2.44. The number of halogens is 1. The number of rotatable bonds is 5. The first-order valence-electron chi connectivity index (χ1n) is 8.28. The number of benzene rings is 1. The van der Waals surface area contributed by atoms with Gasteiger partial charge in [-0.15, -0.1) is 0 Å². The van der Waals surface area contributed by atoms with Gasteiger partial charge in [-0.3, -0.25) is 0 Å². The zero-order chi connectivity index (χ0) is 16.8. The molecule has 1 aliphatic rings. The molecule has 0 spiro atoms. The maximum atomic E-state index is 13.0. The van der Waals surface area contributed by atoms with Crippen molar-refractivity contribution >= 4 is 11.9 Å². The fourth-order valence-corrected chi connectivity index (χ4v) is 2.71. The van der Waals surface area contributed by atoms with Crippen LogP contribution in [0, 0.1) is 5.82 Å². The van der Waals surface area contributed by atoms with Gasteiger partial charge in [-0.25, -0.2) is 4.39 Å². The van der Waals surface area contributed by atoms with E-state index in [0.717, 1.165) is 31.5 Å². The van der Waals surface area contributed by atoms with E-state index in [4.69, 9.17) is 4.74 Å². The van der Waals surface area contributed by atoms with Crippen LogP contribution in [-0.2, 0) is 6.54 Å². The van der Waals surface area contributed by atoms with Gasteiger partial charge in [0.05, 0.1) is 7.11 Å². The standard InChI is InChI=1S/C17H22FN5O/c1-24-17-21-15(19-12-13-6-8-14(18)9-7-13)20-16(22-17)23-10-4-2-3-5-11-23/h6-9H,2-5,10-12H2,1H3,(H,19,20,21,22). The van der Waals surface area contributed by atoms with Crippen molar-refractivity contribution in [1.82, 2.24) is 15.0 Å². The van der Waals surface area contributed by atoms with Gasteiger partial charge in [0.2, 0.25) is 11.9 Å². The molecule has 1 aromatic carbocycles. The minimum Gasteiger partial charge on any atom is -0.467 e. The van der Waals surface area contributed by atoms with E-state index < -0.39 is 0 Å². The highest BCUT2D eigenvalue weighted by molar-refractivity contribution is 5.39. The lowest BCUT2D eigenvalue weighted by Gasteiger charge is -2.20. The second-order valence-electron chi connectivity index (χ2n) is 5.83. The molecule has 0 radical (unpaired) electrons. The predicted molar refractivity (Wildman–Crippen MR) is 90.8 cm³/mol. The number of aromatic nitrogens is 3. The number of nitrogens with zero attached hydrogens (tertiary/aromatic N) is 4. The van der Waals surface area contributed by atoms with Crippen molar-refractivity contribution < 1.29 is 9.13 Å². The Labute approximate surface area is 141 Å². The van der Waals surface area contributed by atoms with Crippen molar-refractivity contribution in [2.45, 2.75) is 32.2 Å². The zero-order valence-corrected chi connectivity index (χ0v) is 13.8. The Balaban J connectivity index is 1.74. The first-order valence-corrected chi connectivity index (χ1v) is 8.28. The predicted octanol–water partition coefficient (Wildman–Crippen LogP) is 3.01. The first-order chi connectivity index (χ1) is 11.7. The van der Waals surface area contributed by atoms with Crippen LogP contribution < -0.4 is 15.0 Å². The van der Waals surface area contributed by atoms with Gasteiger partial charge < -0.3 is 15.0 Å². The molecule has 1 saturated heterocycles. The summed E-state index contributed by atoms with van der Waals surface area (Å²) in [6, 6.07) is 6.64. The van der Waals surface area contributed by atoms with Crippen LogP contribution in [0.25, 0.3) is 0 Å². The molecule has 7 heteroatoms. The van der Waals surface area contributed by atoms with Gasteiger partial charge in [0.25, 0.3) is 0 Å². The fourth-order valence-electron chi connectivity index (χ4n) is 2.71. The van der Waals surface area contributed by atoms with Crippen molar-refractivity contribution in [1.29, 1.82) is 0 Å². The van der Waals surface area contributed by atoms with Gasteiger partial charge in [0, 0.05) is 19.6 Å². The Kier molecular flexibility index (Phi) is 5.40. The molecule has 0 saturated carbocycles. The maximum absolute atomic E-state index is 13.0. The molecule has 1 aromatic heterocycles. The highest BCUT2D eigenvalue weighted by atomic mass is 19.1. The average molecular weight is 331 g/mol. The van der Waals surface area contributed by atoms with Gasteiger partial charge in [0.15, 0.2) is 0 Å². The van der Waals surface area contributed by atoms with E-state index >= 15 is 0 Å². The van der Waals surface area contributed by atoms with E-state index in [-0.39, 0.29) is 5.82 Å². The van der Waals surface area contributed by atoms with E-state index in [9.17, 15) is 4.39 Å². The normalized spacial score (nSPS) is 15.0. The van der Waals surface area contributed by atoms with E-state index in [0.29, 0.717) is 24.5 Å². The van der Waals surface area contributed by atoms with Crippen LogP contribution in [-0.4, -0.2) is 35.2 Å². The smallest absolute Gasteiger partial charge is 0.322 e. The molecule has 0 unspecified atom stereocenters. The van der Waals surface area contributed by atoms with Crippen LogP contribution in [0.2, 0.25) is 0 Å². The lowest BCUT2D eigenvalue weighted by molar-refractivity contribution is 0.378. The average Bonchev–Trinajstić information content (AvgIpc) is 2.90. The van der Waals surface area contributed by atoms with Crippen molar-refractivity contribution in [3.05, 3.63) is 35.6 Å². The third-order valence-corrected chi connectivity index (χ3v) is 4.04. The molecular formula is C17H22FN5O. The second kappa shape index (κ2) is 7.90. The molecule has 0 aliphatic carbocycles. The summed E-state index contributed by atoms with van der Waals surface area (Å²) in [6.07, 6.45) is 4.78. The molecule has 2 aromatic rings. The van der Waals surface area contributed by atoms with Gasteiger partial charge >= 0.3 is 6.01 Å². The topological polar surface area (TPSA) is 63.2 Å². The van der Waals surface area contributed by atoms with Crippen LogP contribution in [0.5, 0.6) is 6.01 Å². The third-order valence-electron chi connectivity index (χ3n) is 4.04. The summed E-state index contributed by atoms with van der Waals surface area (Å²) >= 11 is 0. The SMILES string of the molecule is COc1nc(NCc2ccc(F)cc2)nc(N2CCCCCC2)n1. The monoisotopic (exact) mass is 331 g/mol. The van der Waals surface area contributed by atoms with E-state index in [2.05, 4.69) is 25.2 Å². The highest BCUT2D eigenvalue weighted by Crippen LogP contribution is 2.19. The molecule has 128 valence electrons. The maximum Gasteiger partial charge on any atom is 0.322 e. The molecule has 1 fully saturated rings. The molecule has 0 atom stereocenters. The van der Waals surface area contributed by atoms with Crippen LogP contribution >= 0.6 is 0 Å². The van der Waals surface area contributed by atoms with E-state index in [1.165, 1.54) is 25.0 Å². The minimum absolute atomic E-state index is 0.246. The van der Waals surface area contributed by atoms with Crippen LogP contribution in [0.15, 0.2) is 24.3 Å². The second-order valence-corrected chi connectivity index (χ2v) is 5.83. The summed E-state index contributed by atoms with van der Waals surface area (Å²) < 4.78 is 18.2. The Bertz CT molecular complexity index is 657. The number of hydrogen-bond acceptors (Lipinski definition) is 6. The van der Waals surface area contributed by atoms with Crippen molar-refractivity contribution in [2.75, 3.05) is 30.4 Å². The quantitative estimate of drug-likeness (QED) is 0.909. The molecule has 3 rings (SSSR count). The molecule has 1 aliphatic heterocycles. The molecule has 0 bridgehead atoms. The van der Waals surface area contributed by atoms with Crippen molar-refractivity contribution in [3.8, 4) is 6.01 Å². The molecule has 6 nitrogen and oxygen atoms in total. The largest absolute Gasteiger partial charge is 0.467 e. The van der Waals surface area contributed by atoms with E-state index in [1.54, 1.807) is 19.2 Å². The zero-order valence-electron chi connectivity index (χ0n) is 13.8. The van der Waals surface area contributed by atoms with Gasteiger partial charge in [-0.05, 0) is 30.5 Å². The number of nitrogens with one attached hydrogen (secondary N) is 1. The molecule has 2 heterocycles. The molecule has 0 amide bonds.